The number of fused-ring (bicyclic) bond motifs is 1. The maximum Gasteiger partial charge on any atom is 0.305 e. The van der Waals surface area contributed by atoms with Gasteiger partial charge in [-0.05, 0) is 75.0 Å². The van der Waals surface area contributed by atoms with Crippen molar-refractivity contribution < 1.29 is 19.1 Å². The van der Waals surface area contributed by atoms with Crippen molar-refractivity contribution in [2.45, 2.75) is 51.5 Å². The molecule has 194 valence electrons. The lowest BCUT2D eigenvalue weighted by atomic mass is 9.95. The molecule has 1 fully saturated rings. The predicted molar refractivity (Wildman–Crippen MR) is 143 cm³/mol. The van der Waals surface area contributed by atoms with E-state index in [9.17, 15) is 14.4 Å². The Morgan fingerprint density at radius 3 is 2.64 bits per heavy atom. The number of ether oxygens (including phenoxy) is 1. The molecule has 0 radical (unpaired) electrons. The van der Waals surface area contributed by atoms with Gasteiger partial charge < -0.3 is 19.9 Å². The van der Waals surface area contributed by atoms with Crippen molar-refractivity contribution in [1.82, 2.24) is 10.2 Å². The molecule has 4 rings (SSSR count). The summed E-state index contributed by atoms with van der Waals surface area (Å²) in [6.07, 6.45) is 4.25. The molecule has 0 aliphatic carbocycles. The van der Waals surface area contributed by atoms with Crippen LogP contribution in [0.1, 0.15) is 53.4 Å². The van der Waals surface area contributed by atoms with Gasteiger partial charge in [0.05, 0.1) is 27.8 Å². The second kappa shape index (κ2) is 12.2. The molecule has 0 spiro atoms. The lowest BCUT2D eigenvalue weighted by Crippen LogP contribution is -2.40. The Morgan fingerprint density at radius 2 is 1.92 bits per heavy atom. The summed E-state index contributed by atoms with van der Waals surface area (Å²) in [4.78, 5) is 42.9. The third-order valence-electron chi connectivity index (χ3n) is 7.04. The summed E-state index contributed by atoms with van der Waals surface area (Å²) >= 11 is 7.25. The van der Waals surface area contributed by atoms with Gasteiger partial charge in [0.2, 0.25) is 5.91 Å². The lowest BCUT2D eigenvalue weighted by molar-refractivity contribution is -0.143. The van der Waals surface area contributed by atoms with Crippen LogP contribution in [0.15, 0.2) is 30.3 Å². The van der Waals surface area contributed by atoms with Gasteiger partial charge in [0.15, 0.2) is 0 Å². The zero-order valence-corrected chi connectivity index (χ0v) is 22.5. The molecule has 1 N–H and O–H groups in total. The van der Waals surface area contributed by atoms with Gasteiger partial charge in [-0.15, -0.1) is 11.3 Å². The van der Waals surface area contributed by atoms with Gasteiger partial charge in [0, 0.05) is 31.7 Å². The largest absolute Gasteiger partial charge is 0.466 e. The van der Waals surface area contributed by atoms with Crippen molar-refractivity contribution in [2.75, 3.05) is 38.2 Å². The molecule has 1 aromatic heterocycles. The van der Waals surface area contributed by atoms with E-state index in [2.05, 4.69) is 29.4 Å². The molecule has 2 aliphatic rings. The van der Waals surface area contributed by atoms with Crippen LogP contribution in [0, 0.1) is 5.92 Å². The first kappa shape index (κ1) is 26.6. The molecule has 7 nitrogen and oxygen atoms in total. The molecular formula is C27H34ClN3O4S. The number of benzene rings is 1. The lowest BCUT2D eigenvalue weighted by Gasteiger charge is -2.19. The fourth-order valence-corrected chi connectivity index (χ4v) is 5.97. The third-order valence-corrected chi connectivity index (χ3v) is 8.27. The van der Waals surface area contributed by atoms with Gasteiger partial charge >= 0.3 is 5.97 Å². The number of nitrogens with zero attached hydrogens (tertiary/aromatic N) is 2. The van der Waals surface area contributed by atoms with Crippen molar-refractivity contribution in [3.8, 4) is 0 Å². The minimum absolute atomic E-state index is 0.0198. The number of hydrogen-bond donors (Lipinski definition) is 1. The number of thiophene rings is 1. The van der Waals surface area contributed by atoms with E-state index in [0.717, 1.165) is 31.6 Å². The number of carbonyl (C=O) groups excluding carboxylic acids is 3. The van der Waals surface area contributed by atoms with E-state index in [4.69, 9.17) is 16.3 Å². The minimum atomic E-state index is -0.350. The van der Waals surface area contributed by atoms with Crippen LogP contribution in [-0.2, 0) is 27.2 Å². The average molecular weight is 532 g/mol. The molecule has 0 saturated carbocycles. The summed E-state index contributed by atoms with van der Waals surface area (Å²) in [5.74, 6) is -0.761. The van der Waals surface area contributed by atoms with E-state index < -0.39 is 0 Å². The molecule has 2 atom stereocenters. The predicted octanol–water partition coefficient (Wildman–Crippen LogP) is 4.32. The van der Waals surface area contributed by atoms with Crippen molar-refractivity contribution in [2.24, 2.45) is 5.92 Å². The summed E-state index contributed by atoms with van der Waals surface area (Å²) < 4.78 is 5.56. The van der Waals surface area contributed by atoms with E-state index >= 15 is 0 Å². The number of unbranched alkanes of at least 4 members (excludes halogenated alkanes) is 1. The summed E-state index contributed by atoms with van der Waals surface area (Å²) in [6, 6.07) is 9.40. The number of rotatable bonds is 9. The Balaban J connectivity index is 1.49. The van der Waals surface area contributed by atoms with Gasteiger partial charge in [-0.1, -0.05) is 24.1 Å². The van der Waals surface area contributed by atoms with Crippen LogP contribution < -0.4 is 10.2 Å². The summed E-state index contributed by atoms with van der Waals surface area (Å²) in [5.41, 5.74) is 3.51. The van der Waals surface area contributed by atoms with Crippen LogP contribution in [0.2, 0.25) is 4.34 Å². The molecule has 9 heteroatoms. The topological polar surface area (TPSA) is 79.0 Å². The Morgan fingerprint density at radius 1 is 1.14 bits per heavy atom. The van der Waals surface area contributed by atoms with E-state index in [1.54, 1.807) is 19.1 Å². The second-order valence-corrected chi connectivity index (χ2v) is 11.3. The fraction of sp³-hybridized carbons (Fsp3) is 0.519. The number of hydrogen-bond acceptors (Lipinski definition) is 6. The number of likely N-dealkylation sites (N-methyl/N-ethyl adjacent to an activating group) is 1. The molecule has 2 aromatic rings. The number of amides is 2. The van der Waals surface area contributed by atoms with Crippen LogP contribution in [0.3, 0.4) is 0 Å². The van der Waals surface area contributed by atoms with Crippen LogP contribution in [-0.4, -0.2) is 62.0 Å². The SMILES string of the molecule is CCOC(=O)CCCC[C@H]1C(=O)N(c2ccc3c(c2)CCN(C)CC3)C[C@@H]1NC(=O)c1ccc(Cl)s1. The Hall–Kier alpha value is -2.42. The van der Waals surface area contributed by atoms with Gasteiger partial charge in [-0.2, -0.15) is 0 Å². The Kier molecular flexibility index (Phi) is 9.04. The molecule has 36 heavy (non-hydrogen) atoms. The average Bonchev–Trinajstić information content (AvgIpc) is 3.36. The van der Waals surface area contributed by atoms with E-state index in [1.165, 1.54) is 22.5 Å². The molecule has 1 aromatic carbocycles. The summed E-state index contributed by atoms with van der Waals surface area (Å²) in [7, 11) is 2.14. The Bertz CT molecular complexity index is 1100. The van der Waals surface area contributed by atoms with Gasteiger partial charge in [0.25, 0.3) is 5.91 Å². The molecule has 0 bridgehead atoms. The zero-order chi connectivity index (χ0) is 25.7. The zero-order valence-electron chi connectivity index (χ0n) is 20.9. The van der Waals surface area contributed by atoms with Gasteiger partial charge in [-0.3, -0.25) is 14.4 Å². The highest BCUT2D eigenvalue weighted by molar-refractivity contribution is 7.18. The number of carbonyl (C=O) groups is 3. The molecule has 0 unspecified atom stereocenters. The van der Waals surface area contributed by atoms with Crippen molar-refractivity contribution >= 4 is 46.4 Å². The van der Waals surface area contributed by atoms with E-state index in [-0.39, 0.29) is 29.7 Å². The quantitative estimate of drug-likeness (QED) is 0.385. The smallest absolute Gasteiger partial charge is 0.305 e. The van der Waals surface area contributed by atoms with Crippen LogP contribution >= 0.6 is 22.9 Å². The van der Waals surface area contributed by atoms with Crippen LogP contribution in [0.25, 0.3) is 0 Å². The van der Waals surface area contributed by atoms with Crippen molar-refractivity contribution in [1.29, 1.82) is 0 Å². The minimum Gasteiger partial charge on any atom is -0.466 e. The number of nitrogens with one attached hydrogen (secondary N) is 1. The molecule has 2 aliphatic heterocycles. The second-order valence-electron chi connectivity index (χ2n) is 9.55. The molecule has 1 saturated heterocycles. The van der Waals surface area contributed by atoms with Crippen molar-refractivity contribution in [3.05, 3.63) is 50.7 Å². The first-order chi connectivity index (χ1) is 17.4. The number of halogens is 1. The van der Waals surface area contributed by atoms with Gasteiger partial charge in [-0.25, -0.2) is 0 Å². The van der Waals surface area contributed by atoms with Crippen LogP contribution in [0.5, 0.6) is 0 Å². The molecular weight excluding hydrogens is 498 g/mol. The molecule has 2 amide bonds. The first-order valence-corrected chi connectivity index (χ1v) is 13.9. The first-order valence-electron chi connectivity index (χ1n) is 12.7. The van der Waals surface area contributed by atoms with Gasteiger partial charge in [0.1, 0.15) is 0 Å². The van der Waals surface area contributed by atoms with Crippen molar-refractivity contribution in [3.63, 3.8) is 0 Å². The van der Waals surface area contributed by atoms with E-state index in [1.807, 2.05) is 11.0 Å². The highest BCUT2D eigenvalue weighted by atomic mass is 35.5. The highest BCUT2D eigenvalue weighted by Crippen LogP contribution is 2.32. The maximum absolute atomic E-state index is 13.6. The van der Waals surface area contributed by atoms with Crippen LogP contribution in [0.4, 0.5) is 5.69 Å². The molecule has 3 heterocycles. The summed E-state index contributed by atoms with van der Waals surface area (Å²) in [5, 5.41) is 3.09. The summed E-state index contributed by atoms with van der Waals surface area (Å²) in [6.45, 7) is 4.61. The standard InChI is InChI=1S/C27H34ClN3O4S/c1-3-35-25(32)7-5-4-6-21-22(29-26(33)23-10-11-24(28)36-23)17-31(27(21)34)20-9-8-18-12-14-30(2)15-13-19(18)16-20/h8-11,16,21-22H,3-7,12-15,17H2,1-2H3,(H,29,33)/t21-,22+/m1/s1. The normalized spacial score (nSPS) is 20.2. The fourth-order valence-electron chi connectivity index (χ4n) is 5.02. The maximum atomic E-state index is 13.6. The monoisotopic (exact) mass is 531 g/mol. The highest BCUT2D eigenvalue weighted by Gasteiger charge is 2.41. The third kappa shape index (κ3) is 6.47. The number of anilines is 1. The van der Waals surface area contributed by atoms with E-state index in [0.29, 0.717) is 48.0 Å². The number of esters is 1. The Labute approximate surface area is 221 Å².